The molecule has 1 aromatic heterocycles. The molecule has 1 N–H and O–H groups in total. The van der Waals surface area contributed by atoms with Gasteiger partial charge in [0.1, 0.15) is 12.3 Å². The Balaban J connectivity index is 2.18. The van der Waals surface area contributed by atoms with Crippen molar-refractivity contribution in [2.45, 2.75) is 0 Å². The van der Waals surface area contributed by atoms with Crippen LogP contribution in [0, 0.1) is 0 Å². The maximum atomic E-state index is 12.1. The molecule has 1 heterocycles. The zero-order valence-corrected chi connectivity index (χ0v) is 10.6. The molecule has 1 aromatic carbocycles. The molecule has 5 heteroatoms. The number of hydrogen-bond donors (Lipinski definition) is 1. The van der Waals surface area contributed by atoms with Crippen LogP contribution >= 0.6 is 0 Å². The van der Waals surface area contributed by atoms with Gasteiger partial charge in [0.25, 0.3) is 5.91 Å². The summed E-state index contributed by atoms with van der Waals surface area (Å²) in [5.41, 5.74) is 0.531. The van der Waals surface area contributed by atoms with Crippen molar-refractivity contribution in [3.05, 3.63) is 60.6 Å². The smallest absolute Gasteiger partial charge is 0.323 e. The van der Waals surface area contributed by atoms with E-state index in [0.717, 1.165) is 0 Å². The molecule has 0 aliphatic carbocycles. The molecule has 2 rings (SSSR count). The molecule has 0 radical (unpaired) electrons. The minimum atomic E-state index is -1.08. The zero-order chi connectivity index (χ0) is 14.4. The van der Waals surface area contributed by atoms with Crippen LogP contribution in [-0.4, -0.2) is 23.5 Å². The van der Waals surface area contributed by atoms with E-state index in [-0.39, 0.29) is 0 Å². The summed E-state index contributed by atoms with van der Waals surface area (Å²) in [6.45, 7) is -0.397. The van der Waals surface area contributed by atoms with Gasteiger partial charge in [0.05, 0.1) is 6.26 Å². The number of para-hydroxylation sites is 1. The number of carboxylic acids is 1. The van der Waals surface area contributed by atoms with E-state index < -0.39 is 18.4 Å². The first-order chi connectivity index (χ1) is 9.66. The maximum Gasteiger partial charge on any atom is 0.323 e. The summed E-state index contributed by atoms with van der Waals surface area (Å²) < 4.78 is 5.08. The molecule has 1 amide bonds. The largest absolute Gasteiger partial charge is 0.480 e. The molecule has 0 saturated carbocycles. The first-order valence-corrected chi connectivity index (χ1v) is 5.97. The van der Waals surface area contributed by atoms with Gasteiger partial charge < -0.3 is 9.52 Å². The van der Waals surface area contributed by atoms with Crippen molar-refractivity contribution >= 4 is 23.6 Å². The number of furan rings is 1. The monoisotopic (exact) mass is 271 g/mol. The van der Waals surface area contributed by atoms with Crippen LogP contribution < -0.4 is 4.90 Å². The normalized spacial score (nSPS) is 10.6. The van der Waals surface area contributed by atoms with Crippen molar-refractivity contribution < 1.29 is 19.1 Å². The van der Waals surface area contributed by atoms with E-state index in [2.05, 4.69) is 0 Å². The average molecular weight is 271 g/mol. The van der Waals surface area contributed by atoms with Crippen molar-refractivity contribution in [3.8, 4) is 0 Å². The Morgan fingerprint density at radius 3 is 2.50 bits per heavy atom. The van der Waals surface area contributed by atoms with Crippen LogP contribution in [0.5, 0.6) is 0 Å². The number of benzene rings is 1. The number of rotatable bonds is 5. The molecule has 5 nitrogen and oxygen atoms in total. The Morgan fingerprint density at radius 1 is 1.15 bits per heavy atom. The number of nitrogens with zero attached hydrogens (tertiary/aromatic N) is 1. The predicted octanol–water partition coefficient (Wildman–Crippen LogP) is 2.41. The van der Waals surface area contributed by atoms with Crippen LogP contribution in [-0.2, 0) is 9.59 Å². The molecule has 0 spiro atoms. The van der Waals surface area contributed by atoms with E-state index in [0.29, 0.717) is 11.4 Å². The fraction of sp³-hybridized carbons (Fsp3) is 0.0667. The highest BCUT2D eigenvalue weighted by atomic mass is 16.4. The number of carbonyl (C=O) groups excluding carboxylic acids is 1. The lowest BCUT2D eigenvalue weighted by molar-refractivity contribution is -0.136. The quantitative estimate of drug-likeness (QED) is 0.848. The van der Waals surface area contributed by atoms with Crippen LogP contribution in [0.4, 0.5) is 5.69 Å². The summed E-state index contributed by atoms with van der Waals surface area (Å²) in [6, 6.07) is 12.1. The lowest BCUT2D eigenvalue weighted by Gasteiger charge is -2.18. The fourth-order valence-electron chi connectivity index (χ4n) is 1.67. The van der Waals surface area contributed by atoms with Crippen LogP contribution in [0.3, 0.4) is 0 Å². The highest BCUT2D eigenvalue weighted by molar-refractivity contribution is 6.05. The van der Waals surface area contributed by atoms with Crippen LogP contribution in [0.2, 0.25) is 0 Å². The fourth-order valence-corrected chi connectivity index (χ4v) is 1.67. The first-order valence-electron chi connectivity index (χ1n) is 5.97. The molecular formula is C15H13NO4. The van der Waals surface area contributed by atoms with Crippen molar-refractivity contribution in [2.75, 3.05) is 11.4 Å². The van der Waals surface area contributed by atoms with Crippen molar-refractivity contribution in [1.82, 2.24) is 0 Å². The average Bonchev–Trinajstić information content (AvgIpc) is 2.96. The van der Waals surface area contributed by atoms with E-state index >= 15 is 0 Å². The Bertz CT molecular complexity index is 602. The van der Waals surface area contributed by atoms with Gasteiger partial charge in [-0.2, -0.15) is 0 Å². The van der Waals surface area contributed by atoms with Gasteiger partial charge in [0.2, 0.25) is 0 Å². The molecule has 0 unspecified atom stereocenters. The van der Waals surface area contributed by atoms with Gasteiger partial charge in [0.15, 0.2) is 0 Å². The number of hydrogen-bond acceptors (Lipinski definition) is 3. The summed E-state index contributed by atoms with van der Waals surface area (Å²) >= 11 is 0. The van der Waals surface area contributed by atoms with Gasteiger partial charge in [-0.3, -0.25) is 14.5 Å². The molecule has 102 valence electrons. The molecule has 0 aliphatic heterocycles. The second kappa shape index (κ2) is 6.38. The summed E-state index contributed by atoms with van der Waals surface area (Å²) in [4.78, 5) is 24.2. The maximum absolute atomic E-state index is 12.1. The molecule has 2 aromatic rings. The van der Waals surface area contributed by atoms with Gasteiger partial charge in [-0.15, -0.1) is 0 Å². The SMILES string of the molecule is O=C(O)CN(C(=O)/C=C/c1ccco1)c1ccccc1. The summed E-state index contributed by atoms with van der Waals surface area (Å²) in [6.07, 6.45) is 4.28. The number of amides is 1. The Morgan fingerprint density at radius 2 is 1.90 bits per heavy atom. The predicted molar refractivity (Wildman–Crippen MR) is 74.2 cm³/mol. The van der Waals surface area contributed by atoms with Gasteiger partial charge in [0, 0.05) is 11.8 Å². The van der Waals surface area contributed by atoms with Crippen molar-refractivity contribution in [3.63, 3.8) is 0 Å². The number of anilines is 1. The van der Waals surface area contributed by atoms with Crippen LogP contribution in [0.1, 0.15) is 5.76 Å². The number of carboxylic acid groups (broad SMARTS) is 1. The van der Waals surface area contributed by atoms with E-state index in [1.807, 2.05) is 0 Å². The Labute approximate surface area is 115 Å². The van der Waals surface area contributed by atoms with E-state index in [4.69, 9.17) is 9.52 Å². The molecule has 20 heavy (non-hydrogen) atoms. The lowest BCUT2D eigenvalue weighted by Crippen LogP contribution is -2.34. The molecule has 0 bridgehead atoms. The summed E-state index contributed by atoms with van der Waals surface area (Å²) in [7, 11) is 0. The van der Waals surface area contributed by atoms with Gasteiger partial charge in [-0.05, 0) is 30.3 Å². The van der Waals surface area contributed by atoms with Gasteiger partial charge in [-0.1, -0.05) is 18.2 Å². The number of carbonyl (C=O) groups is 2. The van der Waals surface area contributed by atoms with E-state index in [9.17, 15) is 9.59 Å². The summed E-state index contributed by atoms with van der Waals surface area (Å²) in [5.74, 6) is -0.967. The molecule has 0 fully saturated rings. The van der Waals surface area contributed by atoms with Crippen molar-refractivity contribution in [1.29, 1.82) is 0 Å². The minimum Gasteiger partial charge on any atom is -0.480 e. The third-order valence-corrected chi connectivity index (χ3v) is 2.56. The lowest BCUT2D eigenvalue weighted by atomic mass is 10.2. The molecule has 0 saturated heterocycles. The molecule has 0 atom stereocenters. The Kier molecular flexibility index (Phi) is 4.34. The van der Waals surface area contributed by atoms with Crippen LogP contribution in [0.15, 0.2) is 59.2 Å². The highest BCUT2D eigenvalue weighted by Gasteiger charge is 2.16. The minimum absolute atomic E-state index is 0.397. The Hall–Kier alpha value is -2.82. The second-order valence-corrected chi connectivity index (χ2v) is 4.00. The third-order valence-electron chi connectivity index (χ3n) is 2.56. The summed E-state index contributed by atoms with van der Waals surface area (Å²) in [5, 5.41) is 8.91. The standard InChI is InChI=1S/C15H13NO4/c17-14(9-8-13-7-4-10-20-13)16(11-15(18)19)12-5-2-1-3-6-12/h1-10H,11H2,(H,18,19)/b9-8+. The first kappa shape index (κ1) is 13.6. The highest BCUT2D eigenvalue weighted by Crippen LogP contribution is 2.14. The topological polar surface area (TPSA) is 70.8 Å². The van der Waals surface area contributed by atoms with Gasteiger partial charge in [-0.25, -0.2) is 0 Å². The van der Waals surface area contributed by atoms with Gasteiger partial charge >= 0.3 is 5.97 Å². The number of aliphatic carboxylic acids is 1. The molecule has 0 aliphatic rings. The second-order valence-electron chi connectivity index (χ2n) is 4.00. The third kappa shape index (κ3) is 3.58. The van der Waals surface area contributed by atoms with E-state index in [1.54, 1.807) is 42.5 Å². The van der Waals surface area contributed by atoms with Crippen molar-refractivity contribution in [2.24, 2.45) is 0 Å². The molecular weight excluding hydrogens is 258 g/mol. The van der Waals surface area contributed by atoms with E-state index in [1.165, 1.54) is 23.3 Å². The zero-order valence-electron chi connectivity index (χ0n) is 10.6. The van der Waals surface area contributed by atoms with Crippen LogP contribution in [0.25, 0.3) is 6.08 Å².